The Morgan fingerprint density at radius 1 is 1.31 bits per heavy atom. The van der Waals surface area contributed by atoms with E-state index in [9.17, 15) is 9.59 Å². The Hall–Kier alpha value is -1.06. The van der Waals surface area contributed by atoms with Gasteiger partial charge in [0.15, 0.2) is 0 Å². The van der Waals surface area contributed by atoms with E-state index in [-0.39, 0.29) is 5.91 Å². The average Bonchev–Trinajstić information content (AvgIpc) is 2.29. The molecule has 1 rings (SSSR count). The quantitative estimate of drug-likeness (QED) is 0.743. The molecule has 1 fully saturated rings. The maximum absolute atomic E-state index is 11.6. The van der Waals surface area contributed by atoms with E-state index in [1.54, 1.807) is 6.92 Å². The lowest BCUT2D eigenvalue weighted by Crippen LogP contribution is -2.39. The molecule has 1 aliphatic carbocycles. The number of hydrogen-bond acceptors (Lipinski definition) is 3. The van der Waals surface area contributed by atoms with Gasteiger partial charge in [0.1, 0.15) is 6.04 Å². The molecule has 1 aliphatic rings. The first kappa shape index (κ1) is 13.0. The van der Waals surface area contributed by atoms with Gasteiger partial charge in [-0.25, -0.2) is 4.79 Å². The lowest BCUT2D eigenvalue weighted by molar-refractivity contribution is -0.144. The lowest BCUT2D eigenvalue weighted by atomic mass is 9.87. The molecule has 4 heteroatoms. The van der Waals surface area contributed by atoms with Crippen LogP contribution in [-0.2, 0) is 14.3 Å². The SMILES string of the molecule is COC(=O)C(C)NC(=O)CC1CCCCC1. The highest BCUT2D eigenvalue weighted by atomic mass is 16.5. The molecule has 0 aliphatic heterocycles. The van der Waals surface area contributed by atoms with Crippen LogP contribution in [0.25, 0.3) is 0 Å². The molecule has 4 nitrogen and oxygen atoms in total. The van der Waals surface area contributed by atoms with Crippen molar-refractivity contribution in [1.82, 2.24) is 5.32 Å². The number of carbonyl (C=O) groups is 2. The van der Waals surface area contributed by atoms with Gasteiger partial charge in [-0.3, -0.25) is 4.79 Å². The molecule has 1 atom stereocenters. The second kappa shape index (κ2) is 6.51. The minimum atomic E-state index is -0.541. The van der Waals surface area contributed by atoms with Crippen molar-refractivity contribution in [2.75, 3.05) is 7.11 Å². The van der Waals surface area contributed by atoms with E-state index < -0.39 is 12.0 Å². The van der Waals surface area contributed by atoms with Gasteiger partial charge in [-0.1, -0.05) is 19.3 Å². The molecule has 92 valence electrons. The van der Waals surface area contributed by atoms with Crippen molar-refractivity contribution >= 4 is 11.9 Å². The summed E-state index contributed by atoms with van der Waals surface area (Å²) in [7, 11) is 1.33. The van der Waals surface area contributed by atoms with Gasteiger partial charge in [-0.2, -0.15) is 0 Å². The predicted octanol–water partition coefficient (Wildman–Crippen LogP) is 1.63. The molecule has 0 radical (unpaired) electrons. The molecule has 0 aromatic carbocycles. The maximum Gasteiger partial charge on any atom is 0.328 e. The number of nitrogens with one attached hydrogen (secondary N) is 1. The van der Waals surface area contributed by atoms with Crippen LogP contribution < -0.4 is 5.32 Å². The van der Waals surface area contributed by atoms with E-state index in [4.69, 9.17) is 0 Å². The second-order valence-electron chi connectivity index (χ2n) is 4.52. The summed E-state index contributed by atoms with van der Waals surface area (Å²) in [5.74, 6) is 0.0698. The summed E-state index contributed by atoms with van der Waals surface area (Å²) >= 11 is 0. The van der Waals surface area contributed by atoms with Gasteiger partial charge in [0.25, 0.3) is 0 Å². The van der Waals surface area contributed by atoms with Gasteiger partial charge in [0.2, 0.25) is 5.91 Å². The van der Waals surface area contributed by atoms with Crippen LogP contribution in [0.4, 0.5) is 0 Å². The standard InChI is InChI=1S/C12H21NO3/c1-9(12(15)16-2)13-11(14)8-10-6-4-3-5-7-10/h9-10H,3-8H2,1-2H3,(H,13,14). The van der Waals surface area contributed by atoms with Gasteiger partial charge < -0.3 is 10.1 Å². The normalized spacial score (nSPS) is 18.9. The molecule has 1 amide bonds. The first-order valence-corrected chi connectivity index (χ1v) is 6.00. The van der Waals surface area contributed by atoms with Gasteiger partial charge >= 0.3 is 5.97 Å². The number of carbonyl (C=O) groups excluding carboxylic acids is 2. The fourth-order valence-corrected chi connectivity index (χ4v) is 2.19. The molecule has 0 heterocycles. The topological polar surface area (TPSA) is 55.4 Å². The number of amides is 1. The third kappa shape index (κ3) is 4.21. The van der Waals surface area contributed by atoms with Crippen LogP contribution in [0.3, 0.4) is 0 Å². The third-order valence-corrected chi connectivity index (χ3v) is 3.13. The summed E-state index contributed by atoms with van der Waals surface area (Å²) in [5, 5.41) is 2.66. The van der Waals surface area contributed by atoms with Crippen molar-refractivity contribution in [3.8, 4) is 0 Å². The summed E-state index contributed by atoms with van der Waals surface area (Å²) in [6.45, 7) is 1.64. The Balaban J connectivity index is 2.26. The Morgan fingerprint density at radius 3 is 2.50 bits per heavy atom. The van der Waals surface area contributed by atoms with Crippen LogP contribution >= 0.6 is 0 Å². The Bertz CT molecular complexity index is 247. The highest BCUT2D eigenvalue weighted by Crippen LogP contribution is 2.26. The molecule has 0 spiro atoms. The average molecular weight is 227 g/mol. The van der Waals surface area contributed by atoms with E-state index >= 15 is 0 Å². The van der Waals surface area contributed by atoms with Gasteiger partial charge in [-0.15, -0.1) is 0 Å². The summed E-state index contributed by atoms with van der Waals surface area (Å²) in [5.41, 5.74) is 0. The monoisotopic (exact) mass is 227 g/mol. The second-order valence-corrected chi connectivity index (χ2v) is 4.52. The van der Waals surface area contributed by atoms with Crippen molar-refractivity contribution < 1.29 is 14.3 Å². The van der Waals surface area contributed by atoms with E-state index in [0.717, 1.165) is 12.8 Å². The molecule has 0 bridgehead atoms. The summed E-state index contributed by atoms with van der Waals surface area (Å²) in [4.78, 5) is 22.7. The Morgan fingerprint density at radius 2 is 1.94 bits per heavy atom. The first-order valence-electron chi connectivity index (χ1n) is 6.00. The molecule has 1 saturated carbocycles. The smallest absolute Gasteiger partial charge is 0.328 e. The molecule has 0 aromatic heterocycles. The highest BCUT2D eigenvalue weighted by Gasteiger charge is 2.20. The summed E-state index contributed by atoms with van der Waals surface area (Å²) < 4.78 is 4.55. The van der Waals surface area contributed by atoms with E-state index in [1.807, 2.05) is 0 Å². The van der Waals surface area contributed by atoms with Crippen molar-refractivity contribution in [1.29, 1.82) is 0 Å². The molecule has 16 heavy (non-hydrogen) atoms. The molecule has 1 N–H and O–H groups in total. The molecule has 0 aromatic rings. The van der Waals surface area contributed by atoms with E-state index in [1.165, 1.54) is 26.4 Å². The largest absolute Gasteiger partial charge is 0.467 e. The Kier molecular flexibility index (Phi) is 5.29. The van der Waals surface area contributed by atoms with Gasteiger partial charge in [0.05, 0.1) is 7.11 Å². The zero-order valence-corrected chi connectivity index (χ0v) is 10.1. The van der Waals surface area contributed by atoms with Crippen molar-refractivity contribution in [3.63, 3.8) is 0 Å². The van der Waals surface area contributed by atoms with Crippen LogP contribution in [0.1, 0.15) is 45.4 Å². The lowest BCUT2D eigenvalue weighted by Gasteiger charge is -2.21. The molecular formula is C12H21NO3. The summed E-state index contributed by atoms with van der Waals surface area (Å²) in [6.07, 6.45) is 6.56. The van der Waals surface area contributed by atoms with Crippen molar-refractivity contribution in [2.45, 2.75) is 51.5 Å². The van der Waals surface area contributed by atoms with Crippen molar-refractivity contribution in [2.24, 2.45) is 5.92 Å². The fourth-order valence-electron chi connectivity index (χ4n) is 2.19. The van der Waals surface area contributed by atoms with Crippen LogP contribution in [0.5, 0.6) is 0 Å². The van der Waals surface area contributed by atoms with Crippen LogP contribution in [0.15, 0.2) is 0 Å². The summed E-state index contributed by atoms with van der Waals surface area (Å²) in [6, 6.07) is -0.541. The van der Waals surface area contributed by atoms with Crippen molar-refractivity contribution in [3.05, 3.63) is 0 Å². The number of rotatable bonds is 4. The minimum Gasteiger partial charge on any atom is -0.467 e. The third-order valence-electron chi connectivity index (χ3n) is 3.13. The molecular weight excluding hydrogens is 206 g/mol. The minimum absolute atomic E-state index is 0.0372. The number of esters is 1. The molecule has 0 saturated heterocycles. The zero-order valence-electron chi connectivity index (χ0n) is 10.1. The predicted molar refractivity (Wildman–Crippen MR) is 60.8 cm³/mol. The van der Waals surface area contributed by atoms with Gasteiger partial charge in [-0.05, 0) is 25.7 Å². The number of hydrogen-bond donors (Lipinski definition) is 1. The van der Waals surface area contributed by atoms with Crippen LogP contribution in [0.2, 0.25) is 0 Å². The maximum atomic E-state index is 11.6. The number of methoxy groups -OCH3 is 1. The van der Waals surface area contributed by atoms with Gasteiger partial charge in [0, 0.05) is 6.42 Å². The van der Waals surface area contributed by atoms with E-state index in [0.29, 0.717) is 12.3 Å². The zero-order chi connectivity index (χ0) is 12.0. The number of ether oxygens (including phenoxy) is 1. The first-order chi connectivity index (χ1) is 7.63. The fraction of sp³-hybridized carbons (Fsp3) is 0.833. The Labute approximate surface area is 96.7 Å². The van der Waals surface area contributed by atoms with Crippen LogP contribution in [0, 0.1) is 5.92 Å². The van der Waals surface area contributed by atoms with Crippen LogP contribution in [-0.4, -0.2) is 25.0 Å². The van der Waals surface area contributed by atoms with E-state index in [2.05, 4.69) is 10.1 Å². The molecule has 1 unspecified atom stereocenters. The highest BCUT2D eigenvalue weighted by molar-refractivity contribution is 5.84.